The molecule has 1 saturated heterocycles. The lowest BCUT2D eigenvalue weighted by Gasteiger charge is -2.41. The molecule has 2 atom stereocenters. The van der Waals surface area contributed by atoms with Gasteiger partial charge in [-0.05, 0) is 52.1 Å². The Labute approximate surface area is 163 Å². The number of ether oxygens (including phenoxy) is 1. The first-order chi connectivity index (χ1) is 12.9. The largest absolute Gasteiger partial charge is 0.494 e. The van der Waals surface area contributed by atoms with Gasteiger partial charge < -0.3 is 19.4 Å². The monoisotopic (exact) mass is 375 g/mol. The molecular formula is C21H33N3O3. The number of benzene rings is 1. The maximum absolute atomic E-state index is 13.2. The van der Waals surface area contributed by atoms with Gasteiger partial charge in [0.1, 0.15) is 5.75 Å². The molecule has 1 heterocycles. The molecular weight excluding hydrogens is 342 g/mol. The van der Waals surface area contributed by atoms with Crippen molar-refractivity contribution in [1.29, 1.82) is 0 Å². The molecule has 2 amide bonds. The van der Waals surface area contributed by atoms with Crippen molar-refractivity contribution >= 4 is 11.8 Å². The lowest BCUT2D eigenvalue weighted by Crippen LogP contribution is -2.49. The quantitative estimate of drug-likeness (QED) is 0.700. The summed E-state index contributed by atoms with van der Waals surface area (Å²) in [5, 5.41) is 0. The van der Waals surface area contributed by atoms with E-state index in [1.165, 1.54) is 0 Å². The first-order valence-corrected chi connectivity index (χ1v) is 9.80. The molecule has 27 heavy (non-hydrogen) atoms. The second-order valence-corrected chi connectivity index (χ2v) is 7.33. The van der Waals surface area contributed by atoms with Gasteiger partial charge in [0.05, 0.1) is 18.6 Å². The smallest absolute Gasteiger partial charge is 0.227 e. The van der Waals surface area contributed by atoms with Crippen LogP contribution in [0.2, 0.25) is 0 Å². The fourth-order valence-corrected chi connectivity index (χ4v) is 3.67. The van der Waals surface area contributed by atoms with E-state index in [4.69, 9.17) is 4.74 Å². The number of amides is 2. The maximum Gasteiger partial charge on any atom is 0.227 e. The van der Waals surface area contributed by atoms with Crippen LogP contribution in [0.5, 0.6) is 5.75 Å². The molecule has 1 aromatic rings. The Morgan fingerprint density at radius 3 is 2.37 bits per heavy atom. The number of carbonyl (C=O) groups is 2. The van der Waals surface area contributed by atoms with Gasteiger partial charge in [-0.2, -0.15) is 0 Å². The van der Waals surface area contributed by atoms with Crippen molar-refractivity contribution in [1.82, 2.24) is 14.7 Å². The Morgan fingerprint density at radius 2 is 1.81 bits per heavy atom. The van der Waals surface area contributed by atoms with Crippen LogP contribution in [0.3, 0.4) is 0 Å². The minimum atomic E-state index is -0.221. The molecule has 0 N–H and O–H groups in total. The van der Waals surface area contributed by atoms with Crippen LogP contribution in [0, 0.1) is 5.92 Å². The number of carbonyl (C=O) groups excluding carboxylic acids is 2. The van der Waals surface area contributed by atoms with Gasteiger partial charge in [-0.1, -0.05) is 12.1 Å². The zero-order valence-electron chi connectivity index (χ0n) is 17.3. The van der Waals surface area contributed by atoms with Gasteiger partial charge in [0.15, 0.2) is 0 Å². The van der Waals surface area contributed by atoms with Gasteiger partial charge in [-0.15, -0.1) is 0 Å². The first kappa shape index (κ1) is 21.2. The minimum Gasteiger partial charge on any atom is -0.494 e. The van der Waals surface area contributed by atoms with E-state index in [9.17, 15) is 9.59 Å². The SMILES string of the molecule is CCOc1ccc([C@H]2[C@H](C(=O)N(C)CCN(C)C)CCC(=O)N2CC)cc1. The highest BCUT2D eigenvalue weighted by molar-refractivity contribution is 5.85. The van der Waals surface area contributed by atoms with E-state index in [1.54, 1.807) is 4.90 Å². The Kier molecular flexibility index (Phi) is 7.66. The van der Waals surface area contributed by atoms with Crippen molar-refractivity contribution in [3.05, 3.63) is 29.8 Å². The average molecular weight is 376 g/mol. The van der Waals surface area contributed by atoms with Crippen LogP contribution in [0.15, 0.2) is 24.3 Å². The van der Waals surface area contributed by atoms with Crippen molar-refractivity contribution < 1.29 is 14.3 Å². The summed E-state index contributed by atoms with van der Waals surface area (Å²) in [5.74, 6) is 0.822. The summed E-state index contributed by atoms with van der Waals surface area (Å²) < 4.78 is 5.53. The van der Waals surface area contributed by atoms with Crippen LogP contribution in [-0.2, 0) is 9.59 Å². The minimum absolute atomic E-state index is 0.113. The van der Waals surface area contributed by atoms with Crippen LogP contribution in [-0.4, -0.2) is 73.9 Å². The second kappa shape index (κ2) is 9.74. The van der Waals surface area contributed by atoms with E-state index < -0.39 is 0 Å². The first-order valence-electron chi connectivity index (χ1n) is 9.80. The van der Waals surface area contributed by atoms with Gasteiger partial charge in [-0.3, -0.25) is 9.59 Å². The number of nitrogens with zero attached hydrogens (tertiary/aromatic N) is 3. The highest BCUT2D eigenvalue weighted by Gasteiger charge is 2.40. The van der Waals surface area contributed by atoms with E-state index in [1.807, 2.05) is 64.2 Å². The molecule has 0 aromatic heterocycles. The highest BCUT2D eigenvalue weighted by Crippen LogP contribution is 2.38. The third-order valence-corrected chi connectivity index (χ3v) is 5.16. The number of hydrogen-bond acceptors (Lipinski definition) is 4. The highest BCUT2D eigenvalue weighted by atomic mass is 16.5. The summed E-state index contributed by atoms with van der Waals surface area (Å²) in [7, 11) is 5.85. The Morgan fingerprint density at radius 1 is 1.15 bits per heavy atom. The maximum atomic E-state index is 13.2. The van der Waals surface area contributed by atoms with Crippen LogP contribution < -0.4 is 4.74 Å². The van der Waals surface area contributed by atoms with Crippen molar-refractivity contribution in [3.8, 4) is 5.75 Å². The number of likely N-dealkylation sites (tertiary alicyclic amines) is 1. The number of hydrogen-bond donors (Lipinski definition) is 0. The Hall–Kier alpha value is -2.08. The molecule has 150 valence electrons. The Balaban J connectivity index is 2.27. The van der Waals surface area contributed by atoms with Crippen LogP contribution in [0.25, 0.3) is 0 Å². The predicted octanol–water partition coefficient (Wildman–Crippen LogP) is 2.40. The van der Waals surface area contributed by atoms with E-state index in [0.717, 1.165) is 17.9 Å². The van der Waals surface area contributed by atoms with Gasteiger partial charge >= 0.3 is 0 Å². The molecule has 2 rings (SSSR count). The van der Waals surface area contributed by atoms with Crippen molar-refractivity contribution in [3.63, 3.8) is 0 Å². The summed E-state index contributed by atoms with van der Waals surface area (Å²) in [6.45, 7) is 6.63. The summed E-state index contributed by atoms with van der Waals surface area (Å²) in [6.07, 6.45) is 1.03. The predicted molar refractivity (Wildman–Crippen MR) is 107 cm³/mol. The van der Waals surface area contributed by atoms with E-state index in [2.05, 4.69) is 4.90 Å². The topological polar surface area (TPSA) is 53.1 Å². The molecule has 1 aromatic carbocycles. The number of likely N-dealkylation sites (N-methyl/N-ethyl adjacent to an activating group) is 2. The molecule has 0 spiro atoms. The molecule has 1 aliphatic heterocycles. The third kappa shape index (κ3) is 5.22. The normalized spacial score (nSPS) is 20.1. The summed E-state index contributed by atoms with van der Waals surface area (Å²) in [6, 6.07) is 7.58. The molecule has 1 fully saturated rings. The van der Waals surface area contributed by atoms with Crippen molar-refractivity contribution in [2.75, 3.05) is 47.4 Å². The molecule has 1 aliphatic rings. The van der Waals surface area contributed by atoms with E-state index in [-0.39, 0.29) is 23.8 Å². The van der Waals surface area contributed by atoms with Gasteiger partial charge in [0.25, 0.3) is 0 Å². The fraction of sp³-hybridized carbons (Fsp3) is 0.619. The third-order valence-electron chi connectivity index (χ3n) is 5.16. The van der Waals surface area contributed by atoms with Crippen LogP contribution in [0.1, 0.15) is 38.3 Å². The lowest BCUT2D eigenvalue weighted by atomic mass is 9.83. The summed E-state index contributed by atoms with van der Waals surface area (Å²) in [4.78, 5) is 31.4. The van der Waals surface area contributed by atoms with Gasteiger partial charge in [-0.25, -0.2) is 0 Å². The summed E-state index contributed by atoms with van der Waals surface area (Å²) >= 11 is 0. The average Bonchev–Trinajstić information content (AvgIpc) is 2.66. The molecule has 6 heteroatoms. The molecule has 0 radical (unpaired) electrons. The van der Waals surface area contributed by atoms with Crippen molar-refractivity contribution in [2.24, 2.45) is 5.92 Å². The van der Waals surface area contributed by atoms with Crippen LogP contribution in [0.4, 0.5) is 0 Å². The molecule has 0 bridgehead atoms. The van der Waals surface area contributed by atoms with Gasteiger partial charge in [0, 0.05) is 33.1 Å². The lowest BCUT2D eigenvalue weighted by molar-refractivity contribution is -0.147. The molecule has 0 aliphatic carbocycles. The van der Waals surface area contributed by atoms with E-state index in [0.29, 0.717) is 32.5 Å². The molecule has 0 unspecified atom stereocenters. The van der Waals surface area contributed by atoms with Gasteiger partial charge in [0.2, 0.25) is 11.8 Å². The van der Waals surface area contributed by atoms with Crippen LogP contribution >= 0.6 is 0 Å². The van der Waals surface area contributed by atoms with Crippen molar-refractivity contribution in [2.45, 2.75) is 32.7 Å². The zero-order valence-corrected chi connectivity index (χ0v) is 17.3. The fourth-order valence-electron chi connectivity index (χ4n) is 3.67. The zero-order chi connectivity index (χ0) is 20.0. The number of piperidine rings is 1. The summed E-state index contributed by atoms with van der Waals surface area (Å²) in [5.41, 5.74) is 0.993. The standard InChI is InChI=1S/C21H33N3O3/c1-6-24-19(25)13-12-18(21(26)23(5)15-14-22(3)4)20(24)16-8-10-17(11-9-16)27-7-2/h8-11,18,20H,6-7,12-15H2,1-5H3/t18-,20+/m1/s1. The van der Waals surface area contributed by atoms with E-state index >= 15 is 0 Å². The molecule has 6 nitrogen and oxygen atoms in total. The molecule has 0 saturated carbocycles. The number of rotatable bonds is 8. The second-order valence-electron chi connectivity index (χ2n) is 7.33. The Bertz CT molecular complexity index is 630.